The predicted molar refractivity (Wildman–Crippen MR) is 123 cm³/mol. The molecule has 5 rings (SSSR count). The molecule has 4 aromatic rings. The fourth-order valence-corrected chi connectivity index (χ4v) is 5.15. The van der Waals surface area contributed by atoms with Crippen LogP contribution in [0, 0.1) is 13.8 Å². The van der Waals surface area contributed by atoms with Gasteiger partial charge in [-0.25, -0.2) is 0 Å². The zero-order valence-electron chi connectivity index (χ0n) is 17.0. The average Bonchev–Trinajstić information content (AvgIpc) is 3.45. The van der Waals surface area contributed by atoms with Crippen LogP contribution in [0.1, 0.15) is 27.6 Å². The molecule has 2 aromatic heterocycles. The van der Waals surface area contributed by atoms with Gasteiger partial charge in [-0.15, -0.1) is 11.3 Å². The second kappa shape index (κ2) is 7.25. The van der Waals surface area contributed by atoms with Crippen LogP contribution in [0.25, 0.3) is 16.7 Å². The highest BCUT2D eigenvalue weighted by Gasteiger charge is 2.48. The SMILES string of the molecule is Cc1ccc(N2C(=O)C(=O)/C(=C(/O)c3c[nH]c4ccccc34)C2c2sccc2C)cc1. The summed E-state index contributed by atoms with van der Waals surface area (Å²) in [4.78, 5) is 31.9. The Kier molecular flexibility index (Phi) is 4.52. The maximum absolute atomic E-state index is 13.2. The minimum atomic E-state index is -0.684. The highest BCUT2D eigenvalue weighted by atomic mass is 32.1. The number of hydrogen-bond acceptors (Lipinski definition) is 4. The van der Waals surface area contributed by atoms with Gasteiger partial charge >= 0.3 is 0 Å². The molecule has 0 bridgehead atoms. The number of carbonyl (C=O) groups excluding carboxylic acids is 2. The highest BCUT2D eigenvalue weighted by molar-refractivity contribution is 7.10. The number of aromatic nitrogens is 1. The summed E-state index contributed by atoms with van der Waals surface area (Å²) in [7, 11) is 0. The van der Waals surface area contributed by atoms with E-state index in [0.717, 1.165) is 26.9 Å². The number of para-hydroxylation sites is 1. The van der Waals surface area contributed by atoms with Crippen molar-refractivity contribution in [1.82, 2.24) is 4.98 Å². The Morgan fingerprint density at radius 2 is 1.77 bits per heavy atom. The van der Waals surface area contributed by atoms with Crippen LogP contribution in [0.3, 0.4) is 0 Å². The van der Waals surface area contributed by atoms with Crippen molar-refractivity contribution in [1.29, 1.82) is 0 Å². The molecule has 31 heavy (non-hydrogen) atoms. The second-order valence-electron chi connectivity index (χ2n) is 7.72. The molecule has 1 unspecified atom stereocenters. The molecule has 1 fully saturated rings. The minimum absolute atomic E-state index is 0.112. The van der Waals surface area contributed by atoms with Crippen molar-refractivity contribution in [3.8, 4) is 0 Å². The van der Waals surface area contributed by atoms with Gasteiger partial charge in [-0.3, -0.25) is 14.5 Å². The number of amides is 1. The number of carbonyl (C=O) groups is 2. The third-order valence-corrected chi connectivity index (χ3v) is 6.82. The van der Waals surface area contributed by atoms with Crippen LogP contribution in [0.2, 0.25) is 0 Å². The molecule has 0 saturated carbocycles. The third kappa shape index (κ3) is 2.99. The number of Topliss-reactive ketones (excluding diaryl/α,β-unsaturated/α-hetero) is 1. The van der Waals surface area contributed by atoms with Crippen LogP contribution in [-0.4, -0.2) is 21.8 Å². The molecule has 0 radical (unpaired) electrons. The van der Waals surface area contributed by atoms with Gasteiger partial charge in [0.25, 0.3) is 11.7 Å². The molecule has 1 saturated heterocycles. The van der Waals surface area contributed by atoms with Crippen LogP contribution in [0.4, 0.5) is 5.69 Å². The number of aliphatic hydroxyl groups is 1. The lowest BCUT2D eigenvalue weighted by molar-refractivity contribution is -0.132. The summed E-state index contributed by atoms with van der Waals surface area (Å²) in [5.41, 5.74) is 4.13. The number of H-pyrrole nitrogens is 1. The van der Waals surface area contributed by atoms with Gasteiger partial charge in [0.1, 0.15) is 11.8 Å². The fourth-order valence-electron chi connectivity index (χ4n) is 4.13. The molecule has 154 valence electrons. The van der Waals surface area contributed by atoms with Crippen molar-refractivity contribution in [2.24, 2.45) is 0 Å². The van der Waals surface area contributed by atoms with Gasteiger partial charge in [-0.05, 0) is 49.1 Å². The number of ketones is 1. The number of nitrogens with zero attached hydrogens (tertiary/aromatic N) is 1. The quantitative estimate of drug-likeness (QED) is 0.258. The zero-order chi connectivity index (χ0) is 21.7. The molecule has 1 aliphatic heterocycles. The Balaban J connectivity index is 1.76. The Hall–Kier alpha value is -3.64. The predicted octanol–water partition coefficient (Wildman–Crippen LogP) is 5.47. The van der Waals surface area contributed by atoms with Gasteiger partial charge in [0.2, 0.25) is 0 Å². The summed E-state index contributed by atoms with van der Waals surface area (Å²) in [6, 6.07) is 16.3. The number of aryl methyl sites for hydroxylation is 2. The molecule has 3 heterocycles. The lowest BCUT2D eigenvalue weighted by Gasteiger charge is -2.25. The van der Waals surface area contributed by atoms with Crippen LogP contribution in [-0.2, 0) is 9.59 Å². The smallest absolute Gasteiger partial charge is 0.300 e. The molecular weight excluding hydrogens is 408 g/mol. The second-order valence-corrected chi connectivity index (χ2v) is 8.67. The monoisotopic (exact) mass is 428 g/mol. The van der Waals surface area contributed by atoms with Gasteiger partial charge in [-0.2, -0.15) is 0 Å². The molecule has 6 heteroatoms. The first kappa shape index (κ1) is 19.3. The molecule has 2 N–H and O–H groups in total. The maximum Gasteiger partial charge on any atom is 0.300 e. The topological polar surface area (TPSA) is 73.4 Å². The van der Waals surface area contributed by atoms with Crippen molar-refractivity contribution in [3.63, 3.8) is 0 Å². The zero-order valence-corrected chi connectivity index (χ0v) is 17.9. The van der Waals surface area contributed by atoms with E-state index in [4.69, 9.17) is 0 Å². The van der Waals surface area contributed by atoms with Gasteiger partial charge in [0.15, 0.2) is 0 Å². The minimum Gasteiger partial charge on any atom is -0.507 e. The van der Waals surface area contributed by atoms with Gasteiger partial charge in [0, 0.05) is 33.2 Å². The first-order valence-electron chi connectivity index (χ1n) is 9.95. The number of aliphatic hydroxyl groups excluding tert-OH is 1. The van der Waals surface area contributed by atoms with E-state index >= 15 is 0 Å². The summed E-state index contributed by atoms with van der Waals surface area (Å²) < 4.78 is 0. The highest BCUT2D eigenvalue weighted by Crippen LogP contribution is 2.45. The van der Waals surface area contributed by atoms with E-state index in [-0.39, 0.29) is 11.3 Å². The fraction of sp³-hybridized carbons (Fsp3) is 0.120. The summed E-state index contributed by atoms with van der Waals surface area (Å²) in [5, 5.41) is 14.1. The number of aromatic amines is 1. The van der Waals surface area contributed by atoms with Crippen LogP contribution < -0.4 is 4.90 Å². The molecule has 0 aliphatic carbocycles. The maximum atomic E-state index is 13.2. The van der Waals surface area contributed by atoms with Crippen LogP contribution >= 0.6 is 11.3 Å². The first-order valence-corrected chi connectivity index (χ1v) is 10.8. The van der Waals surface area contributed by atoms with Crippen LogP contribution in [0.5, 0.6) is 0 Å². The first-order chi connectivity index (χ1) is 15.0. The van der Waals surface area contributed by atoms with E-state index in [9.17, 15) is 14.7 Å². The summed E-state index contributed by atoms with van der Waals surface area (Å²) in [5.74, 6) is -1.48. The Morgan fingerprint density at radius 3 is 2.48 bits per heavy atom. The number of rotatable bonds is 3. The van der Waals surface area contributed by atoms with Gasteiger partial charge in [-0.1, -0.05) is 35.9 Å². The van der Waals surface area contributed by atoms with Crippen LogP contribution in [0.15, 0.2) is 71.7 Å². The van der Waals surface area contributed by atoms with Crippen molar-refractivity contribution in [3.05, 3.63) is 93.3 Å². The van der Waals surface area contributed by atoms with Crippen molar-refractivity contribution in [2.75, 3.05) is 4.90 Å². The molecule has 1 amide bonds. The van der Waals surface area contributed by atoms with E-state index in [1.807, 2.05) is 73.8 Å². The van der Waals surface area contributed by atoms with E-state index in [1.165, 1.54) is 16.2 Å². The summed E-state index contributed by atoms with van der Waals surface area (Å²) >= 11 is 1.48. The van der Waals surface area contributed by atoms with E-state index < -0.39 is 17.7 Å². The largest absolute Gasteiger partial charge is 0.507 e. The Morgan fingerprint density at radius 1 is 1.03 bits per heavy atom. The number of hydrogen-bond donors (Lipinski definition) is 2. The van der Waals surface area contributed by atoms with Gasteiger partial charge in [0.05, 0.1) is 5.57 Å². The molecule has 5 nitrogen and oxygen atoms in total. The Labute approximate surface area is 183 Å². The summed E-state index contributed by atoms with van der Waals surface area (Å²) in [6.07, 6.45) is 1.68. The molecule has 1 aliphatic rings. The number of fused-ring (bicyclic) bond motifs is 1. The molecule has 2 aromatic carbocycles. The molecule has 0 spiro atoms. The molecule has 1 atom stereocenters. The summed E-state index contributed by atoms with van der Waals surface area (Å²) in [6.45, 7) is 3.92. The third-order valence-electron chi connectivity index (χ3n) is 5.75. The van der Waals surface area contributed by atoms with E-state index in [0.29, 0.717) is 11.3 Å². The average molecular weight is 429 g/mol. The normalized spacial score (nSPS) is 18.3. The number of thiophene rings is 1. The lowest BCUT2D eigenvalue weighted by Crippen LogP contribution is -2.29. The van der Waals surface area contributed by atoms with Crippen molar-refractivity contribution in [2.45, 2.75) is 19.9 Å². The van der Waals surface area contributed by atoms with Crippen molar-refractivity contribution < 1.29 is 14.7 Å². The number of benzene rings is 2. The van der Waals surface area contributed by atoms with E-state index in [1.54, 1.807) is 6.20 Å². The van der Waals surface area contributed by atoms with Crippen molar-refractivity contribution >= 4 is 45.4 Å². The standard InChI is InChI=1S/C25H20N2O3S/c1-14-7-9-16(10-8-14)27-21(24-15(2)11-12-31-24)20(23(29)25(27)30)22(28)18-13-26-19-6-4-3-5-17(18)19/h3-13,21,26,28H,1-2H3/b22-20+. The van der Waals surface area contributed by atoms with E-state index in [2.05, 4.69) is 4.98 Å². The number of anilines is 1. The Bertz CT molecular complexity index is 1360. The number of nitrogens with one attached hydrogen (secondary N) is 1. The molecular formula is C25H20N2O3S. The van der Waals surface area contributed by atoms with Gasteiger partial charge < -0.3 is 10.1 Å². The lowest BCUT2D eigenvalue weighted by atomic mass is 9.98.